The topological polar surface area (TPSA) is 79.9 Å². The third kappa shape index (κ3) is 4.92. The summed E-state index contributed by atoms with van der Waals surface area (Å²) in [4.78, 5) is 26.5. The molecule has 1 aliphatic rings. The van der Waals surface area contributed by atoms with Gasteiger partial charge in [0.15, 0.2) is 0 Å². The third-order valence-corrected chi connectivity index (χ3v) is 4.63. The van der Waals surface area contributed by atoms with Crippen molar-refractivity contribution in [3.05, 3.63) is 70.3 Å². The van der Waals surface area contributed by atoms with Crippen LogP contribution in [0.4, 0.5) is 17.1 Å². The molecule has 1 saturated heterocycles. The van der Waals surface area contributed by atoms with Crippen molar-refractivity contribution in [2.24, 2.45) is 0 Å². The number of quaternary nitrogens is 1. The maximum atomic E-state index is 12.3. The van der Waals surface area contributed by atoms with Crippen molar-refractivity contribution < 1.29 is 14.6 Å². The minimum Gasteiger partial charge on any atom is -0.359 e. The maximum Gasteiger partial charge on any atom is 0.270 e. The molecule has 2 N–H and O–H groups in total. The number of benzene rings is 2. The van der Waals surface area contributed by atoms with Crippen molar-refractivity contribution >= 4 is 29.0 Å². The summed E-state index contributed by atoms with van der Waals surface area (Å²) in [5, 5.41) is 13.8. The van der Waals surface area contributed by atoms with Crippen LogP contribution in [0.15, 0.2) is 54.6 Å². The first kappa shape index (κ1) is 18.6. The van der Waals surface area contributed by atoms with E-state index in [1.165, 1.54) is 23.1 Å². The number of nitro groups is 1. The highest BCUT2D eigenvalue weighted by molar-refractivity contribution is 6.03. The molecule has 0 spiro atoms. The number of likely N-dealkylation sites (N-methyl/N-ethyl adjacent to an activating group) is 1. The number of nitrogens with zero attached hydrogens (tertiary/aromatic N) is 2. The molecule has 1 fully saturated rings. The first-order chi connectivity index (χ1) is 13.0. The number of carbonyl (C=O) groups excluding carboxylic acids is 1. The number of nitrogens with one attached hydrogen (secondary N) is 2. The maximum absolute atomic E-state index is 12.3. The largest absolute Gasteiger partial charge is 0.359 e. The van der Waals surface area contributed by atoms with Gasteiger partial charge in [0, 0.05) is 18.2 Å². The molecule has 3 rings (SSSR count). The number of hydrogen-bond donors (Lipinski definition) is 2. The fourth-order valence-corrected chi connectivity index (χ4v) is 3.07. The summed E-state index contributed by atoms with van der Waals surface area (Å²) in [5.41, 5.74) is 2.39. The van der Waals surface area contributed by atoms with Crippen LogP contribution in [-0.4, -0.2) is 44.1 Å². The van der Waals surface area contributed by atoms with Gasteiger partial charge in [0.2, 0.25) is 5.91 Å². The molecule has 140 valence electrons. The second-order valence-corrected chi connectivity index (χ2v) is 6.64. The van der Waals surface area contributed by atoms with Gasteiger partial charge >= 0.3 is 0 Å². The van der Waals surface area contributed by atoms with E-state index in [2.05, 4.69) is 17.3 Å². The van der Waals surface area contributed by atoms with Crippen LogP contribution < -0.4 is 15.1 Å². The average Bonchev–Trinajstić information content (AvgIpc) is 2.68. The standard InChI is InChI=1S/C20H22N4O3/c1-22-11-13-23(14-12-22)19-8-3-2-7-18(19)21-20(25)10-9-16-5-4-6-17(15-16)24(26)27/h2-10,15H,11-14H2,1H3,(H,21,25)/p+1/b10-9+. The second-order valence-electron chi connectivity index (χ2n) is 6.64. The van der Waals surface area contributed by atoms with Gasteiger partial charge in [-0.25, -0.2) is 0 Å². The molecule has 7 nitrogen and oxygen atoms in total. The zero-order valence-electron chi connectivity index (χ0n) is 15.2. The Labute approximate surface area is 158 Å². The highest BCUT2D eigenvalue weighted by Gasteiger charge is 2.19. The fraction of sp³-hybridized carbons (Fsp3) is 0.250. The number of hydrogen-bond acceptors (Lipinski definition) is 4. The predicted molar refractivity (Wildman–Crippen MR) is 106 cm³/mol. The molecule has 0 bridgehead atoms. The summed E-state index contributed by atoms with van der Waals surface area (Å²) in [7, 11) is 2.18. The molecule has 0 aromatic heterocycles. The summed E-state index contributed by atoms with van der Waals surface area (Å²) in [6.07, 6.45) is 2.97. The molecular formula is C20H23N4O3+. The van der Waals surface area contributed by atoms with Crippen LogP contribution in [0.3, 0.4) is 0 Å². The molecule has 27 heavy (non-hydrogen) atoms. The minimum absolute atomic E-state index is 0.0000930. The highest BCUT2D eigenvalue weighted by Crippen LogP contribution is 2.25. The SMILES string of the molecule is C[NH+]1CCN(c2ccccc2NC(=O)/C=C/c2cccc([N+](=O)[O-])c2)CC1. The molecule has 1 aliphatic heterocycles. The smallest absolute Gasteiger partial charge is 0.270 e. The van der Waals surface area contributed by atoms with Crippen molar-refractivity contribution in [2.45, 2.75) is 0 Å². The van der Waals surface area contributed by atoms with Crippen LogP contribution in [0.2, 0.25) is 0 Å². The molecule has 0 saturated carbocycles. The summed E-state index contributed by atoms with van der Waals surface area (Å²) in [6.45, 7) is 4.02. The normalized spacial score (nSPS) is 15.1. The number of anilines is 2. The third-order valence-electron chi connectivity index (χ3n) is 4.63. The van der Waals surface area contributed by atoms with E-state index < -0.39 is 4.92 Å². The van der Waals surface area contributed by atoms with E-state index in [4.69, 9.17) is 0 Å². The molecule has 1 heterocycles. The highest BCUT2D eigenvalue weighted by atomic mass is 16.6. The van der Waals surface area contributed by atoms with Crippen LogP contribution in [0.1, 0.15) is 5.56 Å². The molecule has 0 atom stereocenters. The quantitative estimate of drug-likeness (QED) is 0.478. The zero-order valence-corrected chi connectivity index (χ0v) is 15.2. The van der Waals surface area contributed by atoms with E-state index >= 15 is 0 Å². The van der Waals surface area contributed by atoms with Gasteiger partial charge in [0.05, 0.1) is 49.5 Å². The number of amides is 1. The molecule has 0 aliphatic carbocycles. The number of para-hydroxylation sites is 2. The summed E-state index contributed by atoms with van der Waals surface area (Å²) in [5.74, 6) is -0.270. The Bertz CT molecular complexity index is 858. The van der Waals surface area contributed by atoms with E-state index in [0.29, 0.717) is 5.56 Å². The molecule has 7 heteroatoms. The molecule has 0 unspecified atom stereocenters. The van der Waals surface area contributed by atoms with Crippen LogP contribution >= 0.6 is 0 Å². The summed E-state index contributed by atoms with van der Waals surface area (Å²) in [6, 6.07) is 13.9. The van der Waals surface area contributed by atoms with E-state index in [-0.39, 0.29) is 11.6 Å². The second kappa shape index (κ2) is 8.46. The Morgan fingerprint density at radius 3 is 2.67 bits per heavy atom. The summed E-state index contributed by atoms with van der Waals surface area (Å²) >= 11 is 0. The molecule has 1 amide bonds. The van der Waals surface area contributed by atoms with Gasteiger partial charge in [-0.05, 0) is 23.8 Å². The van der Waals surface area contributed by atoms with Gasteiger partial charge in [0.1, 0.15) is 0 Å². The van der Waals surface area contributed by atoms with Gasteiger partial charge in [-0.15, -0.1) is 0 Å². The van der Waals surface area contributed by atoms with E-state index in [1.807, 2.05) is 24.3 Å². The Hall–Kier alpha value is -3.19. The van der Waals surface area contributed by atoms with Crippen molar-refractivity contribution in [1.82, 2.24) is 0 Å². The lowest BCUT2D eigenvalue weighted by molar-refractivity contribution is -0.880. The number of piperazine rings is 1. The number of non-ortho nitro benzene ring substituents is 1. The average molecular weight is 367 g/mol. The first-order valence-electron chi connectivity index (χ1n) is 8.92. The van der Waals surface area contributed by atoms with Crippen LogP contribution in [0, 0.1) is 10.1 Å². The lowest BCUT2D eigenvalue weighted by atomic mass is 10.2. The molecule has 2 aromatic carbocycles. The molecular weight excluding hydrogens is 344 g/mol. The van der Waals surface area contributed by atoms with E-state index in [9.17, 15) is 14.9 Å². The monoisotopic (exact) mass is 367 g/mol. The minimum atomic E-state index is -0.453. The van der Waals surface area contributed by atoms with Crippen molar-refractivity contribution in [1.29, 1.82) is 0 Å². The van der Waals surface area contributed by atoms with Crippen molar-refractivity contribution in [3.8, 4) is 0 Å². The first-order valence-corrected chi connectivity index (χ1v) is 8.92. The number of carbonyl (C=O) groups is 1. The Morgan fingerprint density at radius 1 is 1.19 bits per heavy atom. The van der Waals surface area contributed by atoms with Crippen LogP contribution in [-0.2, 0) is 4.79 Å². The van der Waals surface area contributed by atoms with Gasteiger partial charge in [0.25, 0.3) is 5.69 Å². The van der Waals surface area contributed by atoms with Gasteiger partial charge in [-0.1, -0.05) is 24.3 Å². The fourth-order valence-electron chi connectivity index (χ4n) is 3.07. The molecule has 2 aromatic rings. The predicted octanol–water partition coefficient (Wildman–Crippen LogP) is 1.58. The van der Waals surface area contributed by atoms with Gasteiger partial charge < -0.3 is 15.1 Å². The van der Waals surface area contributed by atoms with E-state index in [1.54, 1.807) is 18.2 Å². The Morgan fingerprint density at radius 2 is 1.93 bits per heavy atom. The number of nitro benzene ring substituents is 1. The zero-order chi connectivity index (χ0) is 19.2. The number of rotatable bonds is 5. The van der Waals surface area contributed by atoms with Crippen LogP contribution in [0.5, 0.6) is 0 Å². The lowest BCUT2D eigenvalue weighted by Crippen LogP contribution is -3.12. The van der Waals surface area contributed by atoms with Crippen LogP contribution in [0.25, 0.3) is 6.08 Å². The van der Waals surface area contributed by atoms with Gasteiger partial charge in [-0.2, -0.15) is 0 Å². The van der Waals surface area contributed by atoms with Crippen molar-refractivity contribution in [2.75, 3.05) is 43.4 Å². The van der Waals surface area contributed by atoms with Crippen molar-refractivity contribution in [3.63, 3.8) is 0 Å². The molecule has 0 radical (unpaired) electrons. The Balaban J connectivity index is 1.69. The summed E-state index contributed by atoms with van der Waals surface area (Å²) < 4.78 is 0. The van der Waals surface area contributed by atoms with Gasteiger partial charge in [-0.3, -0.25) is 14.9 Å². The Kier molecular flexibility index (Phi) is 5.83. The lowest BCUT2D eigenvalue weighted by Gasteiger charge is -2.32. The van der Waals surface area contributed by atoms with E-state index in [0.717, 1.165) is 37.6 Å².